The number of fused-ring (bicyclic) bond motifs is 2. The molecule has 0 amide bonds. The van der Waals surface area contributed by atoms with E-state index < -0.39 is 42.0 Å². The Hall–Kier alpha value is -3.64. The lowest BCUT2D eigenvalue weighted by molar-refractivity contribution is -0.141. The molecular weight excluding hydrogens is 545 g/mol. The van der Waals surface area contributed by atoms with Crippen LogP contribution in [-0.2, 0) is 17.4 Å². The summed E-state index contributed by atoms with van der Waals surface area (Å²) >= 11 is 1.05. The number of alkyl halides is 3. The fraction of sp³-hybridized carbons (Fsp3) is 0.241. The minimum absolute atomic E-state index is 0.0322. The summed E-state index contributed by atoms with van der Waals surface area (Å²) in [7, 11) is 1.63. The van der Waals surface area contributed by atoms with Crippen molar-refractivity contribution in [3.05, 3.63) is 99.3 Å². The number of aliphatic hydroxyl groups excluding tert-OH is 2. The molecule has 0 fully saturated rings. The van der Waals surface area contributed by atoms with Gasteiger partial charge in [-0.2, -0.15) is 13.2 Å². The monoisotopic (exact) mass is 570 g/mol. The van der Waals surface area contributed by atoms with Crippen LogP contribution in [0.3, 0.4) is 0 Å². The standard InChI is InChI=1S/C29H25F3N2O5S/c1-33-14-22(28(38)39)34-26(37)25(23(36)15-35)21(13-17-8-4-7-16-6-2-3-11-20(16)17)24(27(34)40-33)18-9-5-10-19(12-18)29(30,31)32/h2-12,22-23,35-36H,13-15H2,1H3,(H,38,39). The number of hydrogen-bond acceptors (Lipinski definition) is 6. The molecule has 11 heteroatoms. The Morgan fingerprint density at radius 1 is 1.10 bits per heavy atom. The van der Waals surface area contributed by atoms with Crippen LogP contribution in [-0.4, -0.2) is 50.4 Å². The maximum absolute atomic E-state index is 13.9. The van der Waals surface area contributed by atoms with Gasteiger partial charge in [-0.1, -0.05) is 54.6 Å². The van der Waals surface area contributed by atoms with E-state index in [-0.39, 0.29) is 40.2 Å². The van der Waals surface area contributed by atoms with E-state index >= 15 is 0 Å². The molecule has 1 aromatic heterocycles. The van der Waals surface area contributed by atoms with E-state index in [2.05, 4.69) is 0 Å². The van der Waals surface area contributed by atoms with Gasteiger partial charge in [-0.25, -0.2) is 9.10 Å². The summed E-state index contributed by atoms with van der Waals surface area (Å²) < 4.78 is 44.0. The second-order valence-corrected chi connectivity index (χ2v) is 10.8. The number of halogens is 3. The fourth-order valence-corrected chi connectivity index (χ4v) is 6.35. The van der Waals surface area contributed by atoms with Gasteiger partial charge in [-0.3, -0.25) is 9.36 Å². The van der Waals surface area contributed by atoms with Crippen molar-refractivity contribution in [1.29, 1.82) is 0 Å². The molecule has 2 heterocycles. The van der Waals surface area contributed by atoms with E-state index in [0.717, 1.165) is 45.0 Å². The molecule has 208 valence electrons. The zero-order valence-electron chi connectivity index (χ0n) is 21.2. The maximum atomic E-state index is 13.9. The number of pyridine rings is 1. The molecular formula is C29H25F3N2O5S. The quantitative estimate of drug-likeness (QED) is 0.284. The maximum Gasteiger partial charge on any atom is 0.416 e. The zero-order chi connectivity index (χ0) is 28.8. The van der Waals surface area contributed by atoms with Gasteiger partial charge >= 0.3 is 12.1 Å². The highest BCUT2D eigenvalue weighted by Gasteiger charge is 2.37. The first-order valence-corrected chi connectivity index (χ1v) is 13.1. The highest BCUT2D eigenvalue weighted by atomic mass is 32.2. The number of hydrogen-bond donors (Lipinski definition) is 3. The Labute approximate surface area is 231 Å². The van der Waals surface area contributed by atoms with Crippen LogP contribution in [0.5, 0.6) is 0 Å². The number of likely N-dealkylation sites (N-methyl/N-ethyl adjacent to an activating group) is 1. The Morgan fingerprint density at radius 2 is 1.80 bits per heavy atom. The molecule has 40 heavy (non-hydrogen) atoms. The first-order chi connectivity index (χ1) is 19.0. The van der Waals surface area contributed by atoms with Crippen LogP contribution < -0.4 is 5.56 Å². The molecule has 3 N–H and O–H groups in total. The Bertz CT molecular complexity index is 1670. The van der Waals surface area contributed by atoms with Crippen molar-refractivity contribution in [2.45, 2.75) is 29.8 Å². The van der Waals surface area contributed by atoms with Crippen molar-refractivity contribution in [2.75, 3.05) is 20.2 Å². The topological polar surface area (TPSA) is 103 Å². The van der Waals surface area contributed by atoms with Crippen molar-refractivity contribution in [3.8, 4) is 11.1 Å². The van der Waals surface area contributed by atoms with Gasteiger partial charge in [-0.15, -0.1) is 0 Å². The SMILES string of the molecule is CN1CC(C(=O)O)n2c(c(-c3cccc(C(F)(F)F)c3)c(Cc3cccc4ccccc34)c(C(O)CO)c2=O)S1. The summed E-state index contributed by atoms with van der Waals surface area (Å²) in [4.78, 5) is 26.2. The largest absolute Gasteiger partial charge is 0.480 e. The zero-order valence-corrected chi connectivity index (χ0v) is 22.0. The number of carboxylic acid groups (broad SMARTS) is 1. The number of aliphatic hydroxyl groups is 2. The predicted octanol–water partition coefficient (Wildman–Crippen LogP) is 4.88. The number of carboxylic acids is 1. The Morgan fingerprint density at radius 3 is 2.50 bits per heavy atom. The first-order valence-electron chi connectivity index (χ1n) is 12.4. The number of nitrogens with zero attached hydrogens (tertiary/aromatic N) is 2. The number of aromatic nitrogens is 1. The van der Waals surface area contributed by atoms with Crippen molar-refractivity contribution < 1.29 is 33.3 Å². The molecule has 5 rings (SSSR count). The molecule has 1 aliphatic rings. The lowest BCUT2D eigenvalue weighted by atomic mass is 9.88. The van der Waals surface area contributed by atoms with E-state index in [1.54, 1.807) is 11.4 Å². The third kappa shape index (κ3) is 5.01. The van der Waals surface area contributed by atoms with E-state index in [1.807, 2.05) is 42.5 Å². The van der Waals surface area contributed by atoms with Crippen LogP contribution in [0.25, 0.3) is 21.9 Å². The summed E-state index contributed by atoms with van der Waals surface area (Å²) in [5.41, 5.74) is -0.708. The summed E-state index contributed by atoms with van der Waals surface area (Å²) in [5.74, 6) is -1.31. The van der Waals surface area contributed by atoms with Crippen LogP contribution in [0, 0.1) is 0 Å². The molecule has 0 bridgehead atoms. The smallest absolute Gasteiger partial charge is 0.416 e. The minimum atomic E-state index is -4.65. The van der Waals surface area contributed by atoms with Gasteiger partial charge in [0.1, 0.15) is 17.2 Å². The van der Waals surface area contributed by atoms with Gasteiger partial charge in [-0.05, 0) is 65.0 Å². The Balaban J connectivity index is 1.91. The molecule has 0 radical (unpaired) electrons. The second kappa shape index (κ2) is 10.7. The molecule has 2 atom stereocenters. The normalized spacial score (nSPS) is 16.6. The second-order valence-electron chi connectivity index (χ2n) is 9.60. The first kappa shape index (κ1) is 27.9. The van der Waals surface area contributed by atoms with Crippen LogP contribution >= 0.6 is 11.9 Å². The van der Waals surface area contributed by atoms with E-state index in [4.69, 9.17) is 0 Å². The molecule has 7 nitrogen and oxygen atoms in total. The van der Waals surface area contributed by atoms with Gasteiger partial charge in [0.05, 0.1) is 17.7 Å². The fourth-order valence-electron chi connectivity index (χ4n) is 5.21. The molecule has 1 aliphatic heterocycles. The van der Waals surface area contributed by atoms with E-state index in [9.17, 15) is 38.1 Å². The Kier molecular flexibility index (Phi) is 7.49. The third-order valence-corrected chi connectivity index (χ3v) is 8.04. The van der Waals surface area contributed by atoms with Crippen molar-refractivity contribution in [1.82, 2.24) is 8.87 Å². The van der Waals surface area contributed by atoms with E-state index in [0.29, 0.717) is 0 Å². The van der Waals surface area contributed by atoms with Gasteiger partial charge in [0.25, 0.3) is 5.56 Å². The van der Waals surface area contributed by atoms with Gasteiger partial charge in [0.2, 0.25) is 0 Å². The van der Waals surface area contributed by atoms with Crippen LogP contribution in [0.2, 0.25) is 0 Å². The van der Waals surface area contributed by atoms with Gasteiger partial charge in [0, 0.05) is 12.1 Å². The van der Waals surface area contributed by atoms with Crippen molar-refractivity contribution in [2.24, 2.45) is 0 Å². The average molecular weight is 571 g/mol. The third-order valence-electron chi connectivity index (χ3n) is 7.01. The molecule has 0 aliphatic carbocycles. The van der Waals surface area contributed by atoms with Crippen molar-refractivity contribution in [3.63, 3.8) is 0 Å². The number of aliphatic carboxylic acids is 1. The molecule has 0 spiro atoms. The van der Waals surface area contributed by atoms with Gasteiger partial charge < -0.3 is 15.3 Å². The molecule has 2 unspecified atom stereocenters. The number of rotatable bonds is 6. The van der Waals surface area contributed by atoms with E-state index in [1.165, 1.54) is 12.1 Å². The van der Waals surface area contributed by atoms with Crippen LogP contribution in [0.4, 0.5) is 13.2 Å². The lowest BCUT2D eigenvalue weighted by Gasteiger charge is -2.34. The molecule has 0 saturated carbocycles. The molecule has 4 aromatic rings. The van der Waals surface area contributed by atoms with Gasteiger partial charge in [0.15, 0.2) is 0 Å². The highest BCUT2D eigenvalue weighted by molar-refractivity contribution is 7.97. The minimum Gasteiger partial charge on any atom is -0.480 e. The average Bonchev–Trinajstić information content (AvgIpc) is 2.92. The highest BCUT2D eigenvalue weighted by Crippen LogP contribution is 2.44. The number of benzene rings is 3. The lowest BCUT2D eigenvalue weighted by Crippen LogP contribution is -2.43. The number of carbonyl (C=O) groups is 1. The van der Waals surface area contributed by atoms with Crippen LogP contribution in [0.15, 0.2) is 76.6 Å². The summed E-state index contributed by atoms with van der Waals surface area (Å²) in [6.45, 7) is -0.907. The predicted molar refractivity (Wildman–Crippen MR) is 145 cm³/mol. The summed E-state index contributed by atoms with van der Waals surface area (Å²) in [6.07, 6.45) is -6.32. The van der Waals surface area contributed by atoms with Crippen molar-refractivity contribution >= 4 is 28.7 Å². The molecule has 3 aromatic carbocycles. The van der Waals surface area contributed by atoms with Crippen LogP contribution in [0.1, 0.15) is 34.4 Å². The molecule has 0 saturated heterocycles. The summed E-state index contributed by atoms with van der Waals surface area (Å²) in [5, 5.41) is 32.7. The summed E-state index contributed by atoms with van der Waals surface area (Å²) in [6, 6.07) is 16.3.